The third-order valence-electron chi connectivity index (χ3n) is 6.77. The average molecular weight is 453 g/mol. The molecule has 2 bridgehead atoms. The lowest BCUT2D eigenvalue weighted by Gasteiger charge is -2.41. The zero-order valence-corrected chi connectivity index (χ0v) is 18.5. The van der Waals surface area contributed by atoms with E-state index in [9.17, 15) is 18.8 Å². The summed E-state index contributed by atoms with van der Waals surface area (Å²) in [6.45, 7) is 4.75. The molecule has 0 aromatic carbocycles. The second-order valence-corrected chi connectivity index (χ2v) is 9.59. The summed E-state index contributed by atoms with van der Waals surface area (Å²) in [6.07, 6.45) is 4.62. The van der Waals surface area contributed by atoms with E-state index in [1.54, 1.807) is 23.4 Å². The Morgan fingerprint density at radius 1 is 1.21 bits per heavy atom. The Bertz CT molecular complexity index is 1100. The van der Waals surface area contributed by atoms with Gasteiger partial charge in [-0.2, -0.15) is 10.2 Å². The SMILES string of the molecule is CC(C)(C#N)c1ccc(Nc2nccc(N3C[C@H]4CC[C@@H](C3)N4C(=O)[C@@H]3CC3(F)F)n2)cn1. The molecule has 1 aliphatic carbocycles. The second-order valence-electron chi connectivity index (χ2n) is 9.59. The number of nitrogens with zero attached hydrogens (tertiary/aromatic N) is 6. The van der Waals surface area contributed by atoms with Crippen molar-refractivity contribution in [2.75, 3.05) is 23.3 Å². The topological polar surface area (TPSA) is 98.0 Å². The predicted molar refractivity (Wildman–Crippen MR) is 117 cm³/mol. The Labute approximate surface area is 190 Å². The molecule has 3 fully saturated rings. The van der Waals surface area contributed by atoms with E-state index in [0.29, 0.717) is 30.4 Å². The van der Waals surface area contributed by atoms with Crippen molar-refractivity contribution >= 4 is 23.4 Å². The molecule has 0 spiro atoms. The Balaban J connectivity index is 1.27. The molecule has 10 heteroatoms. The van der Waals surface area contributed by atoms with E-state index in [-0.39, 0.29) is 18.5 Å². The third kappa shape index (κ3) is 3.96. The normalized spacial score (nSPS) is 25.5. The van der Waals surface area contributed by atoms with Gasteiger partial charge in [-0.3, -0.25) is 9.78 Å². The molecule has 1 amide bonds. The van der Waals surface area contributed by atoms with Crippen molar-refractivity contribution in [1.82, 2.24) is 19.9 Å². The first-order valence-corrected chi connectivity index (χ1v) is 11.1. The lowest BCUT2D eigenvalue weighted by molar-refractivity contribution is -0.138. The van der Waals surface area contributed by atoms with Gasteiger partial charge in [0.15, 0.2) is 0 Å². The van der Waals surface area contributed by atoms with Crippen molar-refractivity contribution in [3.63, 3.8) is 0 Å². The summed E-state index contributed by atoms with van der Waals surface area (Å²) in [5.41, 5.74) is 0.704. The second kappa shape index (κ2) is 7.61. The van der Waals surface area contributed by atoms with E-state index in [0.717, 1.165) is 18.7 Å². The van der Waals surface area contributed by atoms with E-state index in [2.05, 4.69) is 31.2 Å². The molecule has 2 aromatic heterocycles. The maximum atomic E-state index is 13.4. The molecule has 0 unspecified atom stereocenters. The van der Waals surface area contributed by atoms with Gasteiger partial charge >= 0.3 is 0 Å². The molecule has 2 aliphatic heterocycles. The van der Waals surface area contributed by atoms with Crippen LogP contribution in [-0.2, 0) is 10.2 Å². The van der Waals surface area contributed by atoms with Gasteiger partial charge in [0.25, 0.3) is 5.92 Å². The molecule has 0 radical (unpaired) electrons. The van der Waals surface area contributed by atoms with E-state index in [4.69, 9.17) is 0 Å². The number of piperazine rings is 1. The zero-order valence-electron chi connectivity index (χ0n) is 18.5. The van der Waals surface area contributed by atoms with Crippen LogP contribution >= 0.6 is 0 Å². The van der Waals surface area contributed by atoms with Crippen LogP contribution in [0.25, 0.3) is 0 Å². The molecule has 33 heavy (non-hydrogen) atoms. The van der Waals surface area contributed by atoms with Crippen LogP contribution in [0.5, 0.6) is 0 Å². The monoisotopic (exact) mass is 453 g/mol. The first kappa shape index (κ1) is 21.5. The highest BCUT2D eigenvalue weighted by atomic mass is 19.3. The molecular weight excluding hydrogens is 428 g/mol. The van der Waals surface area contributed by atoms with Crippen molar-refractivity contribution in [1.29, 1.82) is 5.26 Å². The highest BCUT2D eigenvalue weighted by Crippen LogP contribution is 2.51. The maximum Gasteiger partial charge on any atom is 0.260 e. The van der Waals surface area contributed by atoms with Gasteiger partial charge in [-0.1, -0.05) is 0 Å². The first-order valence-electron chi connectivity index (χ1n) is 11.1. The van der Waals surface area contributed by atoms with Crippen molar-refractivity contribution in [2.45, 2.75) is 56.5 Å². The largest absolute Gasteiger partial charge is 0.352 e. The number of hydrogen-bond donors (Lipinski definition) is 1. The number of nitriles is 1. The number of pyridine rings is 1. The van der Waals surface area contributed by atoms with Crippen LogP contribution in [0.15, 0.2) is 30.6 Å². The molecule has 1 saturated carbocycles. The Kier molecular flexibility index (Phi) is 4.96. The van der Waals surface area contributed by atoms with Gasteiger partial charge in [0.1, 0.15) is 11.7 Å². The molecule has 8 nitrogen and oxygen atoms in total. The van der Waals surface area contributed by atoms with Gasteiger partial charge in [0.2, 0.25) is 11.9 Å². The summed E-state index contributed by atoms with van der Waals surface area (Å²) < 4.78 is 26.9. The molecular formula is C23H25F2N7O. The minimum absolute atomic E-state index is 0.0701. The minimum Gasteiger partial charge on any atom is -0.352 e. The van der Waals surface area contributed by atoms with Gasteiger partial charge in [0.05, 0.1) is 29.1 Å². The van der Waals surface area contributed by atoms with Crippen LogP contribution in [-0.4, -0.2) is 56.9 Å². The van der Waals surface area contributed by atoms with Crippen LogP contribution in [0.3, 0.4) is 0 Å². The predicted octanol–water partition coefficient (Wildman–Crippen LogP) is 3.25. The smallest absolute Gasteiger partial charge is 0.260 e. The summed E-state index contributed by atoms with van der Waals surface area (Å²) in [4.78, 5) is 29.7. The van der Waals surface area contributed by atoms with Crippen molar-refractivity contribution in [3.8, 4) is 6.07 Å². The number of rotatable bonds is 5. The number of carbonyl (C=O) groups excluding carboxylic acids is 1. The summed E-state index contributed by atoms with van der Waals surface area (Å²) in [7, 11) is 0. The van der Waals surface area contributed by atoms with Crippen molar-refractivity contribution < 1.29 is 13.6 Å². The van der Waals surface area contributed by atoms with Crippen LogP contribution < -0.4 is 10.2 Å². The summed E-state index contributed by atoms with van der Waals surface area (Å²) in [5.74, 6) is -3.24. The third-order valence-corrected chi connectivity index (χ3v) is 6.77. The minimum atomic E-state index is -2.84. The lowest BCUT2D eigenvalue weighted by atomic mass is 9.91. The summed E-state index contributed by atoms with van der Waals surface area (Å²) in [6, 6.07) is 7.53. The molecule has 3 atom stereocenters. The van der Waals surface area contributed by atoms with Crippen LogP contribution in [0.4, 0.5) is 26.2 Å². The van der Waals surface area contributed by atoms with Crippen molar-refractivity contribution in [3.05, 3.63) is 36.3 Å². The van der Waals surface area contributed by atoms with Crippen LogP contribution in [0.2, 0.25) is 0 Å². The highest BCUT2D eigenvalue weighted by molar-refractivity contribution is 5.84. The molecule has 4 heterocycles. The number of amides is 1. The molecule has 5 rings (SSSR count). The van der Waals surface area contributed by atoms with Crippen LogP contribution in [0, 0.1) is 17.2 Å². The number of anilines is 3. The molecule has 3 aliphatic rings. The fraction of sp³-hybridized carbons (Fsp3) is 0.522. The van der Waals surface area contributed by atoms with Crippen molar-refractivity contribution in [2.24, 2.45) is 5.92 Å². The van der Waals surface area contributed by atoms with E-state index in [1.165, 1.54) is 0 Å². The van der Waals surface area contributed by atoms with Gasteiger partial charge in [-0.15, -0.1) is 0 Å². The van der Waals surface area contributed by atoms with Gasteiger partial charge in [-0.25, -0.2) is 13.8 Å². The fourth-order valence-electron chi connectivity index (χ4n) is 4.72. The fourth-order valence-corrected chi connectivity index (χ4v) is 4.72. The number of nitrogens with one attached hydrogen (secondary N) is 1. The lowest BCUT2D eigenvalue weighted by Crippen LogP contribution is -2.56. The maximum absolute atomic E-state index is 13.4. The summed E-state index contributed by atoms with van der Waals surface area (Å²) >= 11 is 0. The van der Waals surface area contributed by atoms with Gasteiger partial charge in [0, 0.05) is 37.8 Å². The van der Waals surface area contributed by atoms with Gasteiger partial charge < -0.3 is 15.1 Å². The van der Waals surface area contributed by atoms with E-state index >= 15 is 0 Å². The zero-order chi connectivity index (χ0) is 23.4. The Hall–Kier alpha value is -3.35. The summed E-state index contributed by atoms with van der Waals surface area (Å²) in [5, 5.41) is 12.4. The standard InChI is InChI=1S/C23H25F2N7O/c1-22(2,13-26)18-6-3-14(10-28-18)29-21-27-8-7-19(30-21)31-11-15-4-5-16(12-31)32(15)20(33)17-9-23(17,24)25/h3,6-8,10,15-17H,4-5,9,11-12H2,1-2H3,(H,27,29,30)/t15-,16+,17-/m0/s1. The Morgan fingerprint density at radius 2 is 1.91 bits per heavy atom. The molecule has 2 aromatic rings. The number of halogens is 2. The van der Waals surface area contributed by atoms with Gasteiger partial charge in [-0.05, 0) is 44.9 Å². The molecule has 1 N–H and O–H groups in total. The van der Waals surface area contributed by atoms with E-state index in [1.807, 2.05) is 26.0 Å². The number of aromatic nitrogens is 3. The number of hydrogen-bond acceptors (Lipinski definition) is 7. The quantitative estimate of drug-likeness (QED) is 0.742. The first-order chi connectivity index (χ1) is 15.7. The number of carbonyl (C=O) groups is 1. The van der Waals surface area contributed by atoms with Crippen LogP contribution in [0.1, 0.15) is 38.8 Å². The molecule has 2 saturated heterocycles. The molecule has 172 valence electrons. The highest BCUT2D eigenvalue weighted by Gasteiger charge is 2.64. The average Bonchev–Trinajstić information content (AvgIpc) is 3.36. The Morgan fingerprint density at radius 3 is 2.48 bits per heavy atom. The number of fused-ring (bicyclic) bond motifs is 2. The number of alkyl halides is 2. The van der Waals surface area contributed by atoms with E-state index < -0.39 is 23.2 Å².